The van der Waals surface area contributed by atoms with Crippen LogP contribution in [-0.4, -0.2) is 4.92 Å². The highest BCUT2D eigenvalue weighted by molar-refractivity contribution is 5.63. The van der Waals surface area contributed by atoms with E-state index in [4.69, 9.17) is 5.39 Å². The van der Waals surface area contributed by atoms with Crippen LogP contribution in [0.1, 0.15) is 5.56 Å². The molecule has 86 valence electrons. The van der Waals surface area contributed by atoms with E-state index < -0.39 is 28.0 Å². The molecule has 0 aliphatic carbocycles. The minimum Gasteiger partial charge on any atom is -1.00 e. The van der Waals surface area contributed by atoms with Gasteiger partial charge in [-0.2, -0.15) is 13.2 Å². The van der Waals surface area contributed by atoms with Gasteiger partial charge in [0.1, 0.15) is 0 Å². The van der Waals surface area contributed by atoms with Crippen molar-refractivity contribution < 1.29 is 30.5 Å². The highest BCUT2D eigenvalue weighted by atomic mass is 35.5. The van der Waals surface area contributed by atoms with Crippen LogP contribution in [0, 0.1) is 15.5 Å². The van der Waals surface area contributed by atoms with Gasteiger partial charge in [0.05, 0.1) is 16.6 Å². The number of nitrogens with zero attached hydrogens (tertiary/aromatic N) is 3. The average molecular weight is 254 g/mol. The van der Waals surface area contributed by atoms with Crippen LogP contribution in [0.4, 0.5) is 24.5 Å². The summed E-state index contributed by atoms with van der Waals surface area (Å²) in [6.07, 6.45) is -4.63. The Morgan fingerprint density at radius 1 is 1.38 bits per heavy atom. The molecule has 1 aromatic carbocycles. The summed E-state index contributed by atoms with van der Waals surface area (Å²) in [5, 5.41) is 18.6. The number of hydrogen-bond acceptors (Lipinski definition) is 3. The molecule has 0 amide bonds. The quantitative estimate of drug-likeness (QED) is 0.405. The molecule has 5 nitrogen and oxygen atoms in total. The Bertz CT molecular complexity index is 455. The van der Waals surface area contributed by atoms with Crippen molar-refractivity contribution in [2.75, 3.05) is 0 Å². The molecule has 0 aromatic heterocycles. The zero-order chi connectivity index (χ0) is 11.6. The lowest BCUT2D eigenvalue weighted by molar-refractivity contribution is -0.383. The predicted octanol–water partition coefficient (Wildman–Crippen LogP) is 0.102. The highest BCUT2D eigenvalue weighted by Gasteiger charge is 2.35. The molecule has 0 aliphatic rings. The summed E-state index contributed by atoms with van der Waals surface area (Å²) in [4.78, 5) is 11.8. The zero-order valence-electron chi connectivity index (χ0n) is 7.40. The maximum Gasteiger partial charge on any atom is 0.461 e. The Balaban J connectivity index is 0.00000225. The first-order valence-electron chi connectivity index (χ1n) is 3.57. The van der Waals surface area contributed by atoms with Crippen LogP contribution in [0.3, 0.4) is 0 Å². The second-order valence-electron chi connectivity index (χ2n) is 2.56. The molecule has 0 atom stereocenters. The lowest BCUT2D eigenvalue weighted by atomic mass is 10.1. The maximum absolute atomic E-state index is 12.1. The number of alkyl halides is 3. The van der Waals surface area contributed by atoms with E-state index in [1.807, 2.05) is 0 Å². The smallest absolute Gasteiger partial charge is 0.461 e. The normalized spacial score (nSPS) is 10.1. The average Bonchev–Trinajstić information content (AvgIpc) is 2.15. The molecule has 0 saturated carbocycles. The summed E-state index contributed by atoms with van der Waals surface area (Å²) >= 11 is 0. The van der Waals surface area contributed by atoms with Gasteiger partial charge in [-0.1, -0.05) is 0 Å². The van der Waals surface area contributed by atoms with E-state index in [1.54, 1.807) is 0 Å². The van der Waals surface area contributed by atoms with Crippen LogP contribution < -0.4 is 12.4 Å². The van der Waals surface area contributed by atoms with Gasteiger partial charge in [0, 0.05) is 6.07 Å². The number of hydrogen-bond donors (Lipinski definition) is 0. The van der Waals surface area contributed by atoms with Crippen molar-refractivity contribution in [2.45, 2.75) is 6.18 Å². The van der Waals surface area contributed by atoms with Crippen LogP contribution in [0.25, 0.3) is 4.98 Å². The monoisotopic (exact) mass is 253 g/mol. The van der Waals surface area contributed by atoms with E-state index in [1.165, 1.54) is 0 Å². The lowest BCUT2D eigenvalue weighted by Gasteiger charge is -2.03. The predicted molar refractivity (Wildman–Crippen MR) is 42.8 cm³/mol. The van der Waals surface area contributed by atoms with Crippen LogP contribution in [0.15, 0.2) is 18.2 Å². The summed E-state index contributed by atoms with van der Waals surface area (Å²) in [6.45, 7) is 0. The molecule has 0 N–H and O–H groups in total. The molecule has 0 fully saturated rings. The first kappa shape index (κ1) is 14.1. The Morgan fingerprint density at radius 3 is 2.31 bits per heavy atom. The summed E-state index contributed by atoms with van der Waals surface area (Å²) < 4.78 is 36.4. The summed E-state index contributed by atoms with van der Waals surface area (Å²) in [5.41, 5.74) is -2.53. The van der Waals surface area contributed by atoms with Crippen molar-refractivity contribution in [3.63, 3.8) is 0 Å². The van der Waals surface area contributed by atoms with Crippen molar-refractivity contribution in [3.05, 3.63) is 38.9 Å². The van der Waals surface area contributed by atoms with Gasteiger partial charge in [-0.05, 0) is 6.07 Å². The van der Waals surface area contributed by atoms with Crippen molar-refractivity contribution in [1.82, 2.24) is 0 Å². The highest BCUT2D eigenvalue weighted by Crippen LogP contribution is 2.35. The first-order valence-corrected chi connectivity index (χ1v) is 3.57. The number of benzene rings is 1. The van der Waals surface area contributed by atoms with Gasteiger partial charge >= 0.3 is 17.6 Å². The molecule has 0 spiro atoms. The Kier molecular flexibility index (Phi) is 4.20. The fourth-order valence-corrected chi connectivity index (χ4v) is 0.934. The van der Waals surface area contributed by atoms with Crippen LogP contribution in [0.2, 0.25) is 0 Å². The standard InChI is InChI=1S/C7H3F3N3O2.ClH/c8-7(9,10)4-1-2-6(13(14)15)5(3-4)12-11;/h1-3H;1H/q+1;/p-1. The molecular weight excluding hydrogens is 251 g/mol. The van der Waals surface area contributed by atoms with Crippen molar-refractivity contribution >= 4 is 11.4 Å². The molecule has 1 rings (SSSR count). The number of nitro benzene ring substituents is 1. The zero-order valence-corrected chi connectivity index (χ0v) is 8.16. The van der Waals surface area contributed by atoms with E-state index in [0.29, 0.717) is 18.2 Å². The number of rotatable bonds is 1. The third-order valence-electron chi connectivity index (χ3n) is 1.61. The van der Waals surface area contributed by atoms with Crippen LogP contribution in [0.5, 0.6) is 0 Å². The third kappa shape index (κ3) is 2.80. The second kappa shape index (κ2) is 4.76. The molecule has 1 aromatic rings. The lowest BCUT2D eigenvalue weighted by Crippen LogP contribution is -3.00. The van der Waals surface area contributed by atoms with Gasteiger partial charge < -0.3 is 12.4 Å². The largest absolute Gasteiger partial charge is 1.00 e. The molecule has 0 heterocycles. The van der Waals surface area contributed by atoms with Crippen LogP contribution in [-0.2, 0) is 6.18 Å². The number of halogens is 4. The summed E-state index contributed by atoms with van der Waals surface area (Å²) in [5.74, 6) is 0. The summed E-state index contributed by atoms with van der Waals surface area (Å²) in [6, 6.07) is 1.59. The first-order chi connectivity index (χ1) is 6.86. The molecule has 0 aliphatic heterocycles. The number of diazo groups is 1. The second-order valence-corrected chi connectivity index (χ2v) is 2.56. The van der Waals surface area contributed by atoms with Gasteiger partial charge in [-0.15, -0.1) is 0 Å². The van der Waals surface area contributed by atoms with E-state index in [9.17, 15) is 23.3 Å². The van der Waals surface area contributed by atoms with Crippen LogP contribution >= 0.6 is 0 Å². The Morgan fingerprint density at radius 2 is 1.94 bits per heavy atom. The summed E-state index contributed by atoms with van der Waals surface area (Å²) in [7, 11) is 0. The van der Waals surface area contributed by atoms with Gasteiger partial charge in [0.15, 0.2) is 4.98 Å². The fourth-order valence-electron chi connectivity index (χ4n) is 0.934. The van der Waals surface area contributed by atoms with Crippen molar-refractivity contribution in [3.8, 4) is 0 Å². The molecule has 0 unspecified atom stereocenters. The van der Waals surface area contributed by atoms with E-state index >= 15 is 0 Å². The van der Waals surface area contributed by atoms with Gasteiger partial charge in [-0.25, -0.2) is 0 Å². The van der Waals surface area contributed by atoms with Crippen molar-refractivity contribution in [1.29, 1.82) is 5.39 Å². The van der Waals surface area contributed by atoms with Crippen molar-refractivity contribution in [2.24, 2.45) is 0 Å². The molecule has 0 radical (unpaired) electrons. The molecule has 0 saturated heterocycles. The molecule has 16 heavy (non-hydrogen) atoms. The molecule has 0 bridgehead atoms. The third-order valence-corrected chi connectivity index (χ3v) is 1.61. The Hall–Kier alpha value is -1.88. The van der Waals surface area contributed by atoms with Gasteiger partial charge in [-0.3, -0.25) is 10.1 Å². The van der Waals surface area contributed by atoms with Gasteiger partial charge in [0.2, 0.25) is 5.39 Å². The van der Waals surface area contributed by atoms with E-state index in [-0.39, 0.29) is 12.4 Å². The number of nitro groups is 1. The topological polar surface area (TPSA) is 71.3 Å². The minimum atomic E-state index is -4.63. The maximum atomic E-state index is 12.1. The Labute approximate surface area is 93.1 Å². The minimum absolute atomic E-state index is 0. The fraction of sp³-hybridized carbons (Fsp3) is 0.143. The van der Waals surface area contributed by atoms with Gasteiger partial charge in [0.25, 0.3) is 0 Å². The molecule has 9 heteroatoms. The van der Waals surface area contributed by atoms with E-state index in [0.717, 1.165) is 0 Å². The SMILES string of the molecule is N#[N+]c1cc(C(F)(F)F)ccc1[N+](=O)[O-].[Cl-]. The van der Waals surface area contributed by atoms with E-state index in [2.05, 4.69) is 4.98 Å². The molecular formula is C7H3ClF3N3O2.